The van der Waals surface area contributed by atoms with Gasteiger partial charge < -0.3 is 29.0 Å². The molecule has 0 aliphatic heterocycles. The van der Waals surface area contributed by atoms with Crippen LogP contribution in [0.15, 0.2) is 48.5 Å². The van der Waals surface area contributed by atoms with E-state index < -0.39 is 74.4 Å². The molecule has 0 bridgehead atoms. The van der Waals surface area contributed by atoms with Crippen molar-refractivity contribution in [3.05, 3.63) is 59.9 Å². The molecule has 1 N–H and O–H groups in total. The molecule has 8 nitrogen and oxygen atoms in total. The number of halogens is 10. The summed E-state index contributed by atoms with van der Waals surface area (Å²) in [4.78, 5) is 24.3. The predicted octanol–water partition coefficient (Wildman–Crippen LogP) is 6.18. The van der Waals surface area contributed by atoms with Crippen molar-refractivity contribution in [2.24, 2.45) is 0 Å². The maximum atomic E-state index is 13.7. The second-order valence-corrected chi connectivity index (χ2v) is 8.80. The molecule has 0 spiro atoms. The molecule has 0 saturated heterocycles. The number of carbonyl (C=O) groups is 2. The van der Waals surface area contributed by atoms with E-state index in [9.17, 15) is 58.6 Å². The van der Waals surface area contributed by atoms with Crippen LogP contribution in [0.1, 0.15) is 12.5 Å². The van der Waals surface area contributed by atoms with E-state index in [1.807, 2.05) is 0 Å². The number of aliphatic carboxylic acids is 1. The van der Waals surface area contributed by atoms with E-state index in [0.29, 0.717) is 10.5 Å². The van der Waals surface area contributed by atoms with Gasteiger partial charge in [0.1, 0.15) is 23.9 Å². The Hall–Kier alpha value is -3.80. The summed E-state index contributed by atoms with van der Waals surface area (Å²) in [5.74, 6) is -16.2. The van der Waals surface area contributed by atoms with Crippen LogP contribution in [0, 0.1) is 5.82 Å². The van der Waals surface area contributed by atoms with Gasteiger partial charge in [-0.15, -0.1) is 0 Å². The zero-order chi connectivity index (χ0) is 33.3. The number of hydrogen-bond acceptors (Lipinski definition) is 6. The molecule has 1 atom stereocenters. The van der Waals surface area contributed by atoms with Crippen LogP contribution in [0.3, 0.4) is 0 Å². The summed E-state index contributed by atoms with van der Waals surface area (Å²) in [6.45, 7) is -1.94. The molecule has 44 heavy (non-hydrogen) atoms. The smallest absolute Gasteiger partial charge is 0.460 e. The van der Waals surface area contributed by atoms with E-state index in [4.69, 9.17) is 14.2 Å². The summed E-state index contributed by atoms with van der Waals surface area (Å²) in [7, 11) is 0. The third-order valence-electron chi connectivity index (χ3n) is 5.66. The zero-order valence-electron chi connectivity index (χ0n) is 22.6. The van der Waals surface area contributed by atoms with Gasteiger partial charge in [0.25, 0.3) is 0 Å². The number of carbonyl (C=O) groups excluding carboxylic acids is 1. The molecular formula is C26H25F10NO7. The van der Waals surface area contributed by atoms with Gasteiger partial charge in [-0.3, -0.25) is 0 Å². The first kappa shape index (κ1) is 36.4. The lowest BCUT2D eigenvalue weighted by Crippen LogP contribution is -2.62. The highest BCUT2D eigenvalue weighted by Crippen LogP contribution is 2.53. The molecule has 18 heteroatoms. The fourth-order valence-corrected chi connectivity index (χ4v) is 3.33. The van der Waals surface area contributed by atoms with Gasteiger partial charge in [0.05, 0.1) is 13.2 Å². The van der Waals surface area contributed by atoms with Crippen molar-refractivity contribution < 1.29 is 77.5 Å². The molecule has 2 aromatic rings. The number of ether oxygens (including phenoxy) is 4. The van der Waals surface area contributed by atoms with Crippen LogP contribution in [-0.2, 0) is 20.7 Å². The van der Waals surface area contributed by atoms with Crippen molar-refractivity contribution in [2.75, 3.05) is 32.9 Å². The summed E-state index contributed by atoms with van der Waals surface area (Å²) >= 11 is 0. The van der Waals surface area contributed by atoms with E-state index in [2.05, 4.69) is 4.74 Å². The molecule has 0 fully saturated rings. The maximum absolute atomic E-state index is 13.7. The van der Waals surface area contributed by atoms with Crippen LogP contribution < -0.4 is 9.47 Å². The first-order chi connectivity index (χ1) is 20.3. The van der Waals surface area contributed by atoms with Crippen molar-refractivity contribution in [3.63, 3.8) is 0 Å². The van der Waals surface area contributed by atoms with Gasteiger partial charge in [0.2, 0.25) is 0 Å². The number of amides is 1. The second-order valence-electron chi connectivity index (χ2n) is 8.80. The van der Waals surface area contributed by atoms with Crippen LogP contribution in [0.25, 0.3) is 0 Å². The quantitative estimate of drug-likeness (QED) is 0.216. The normalized spacial score (nSPS) is 13.3. The summed E-state index contributed by atoms with van der Waals surface area (Å²) in [5, 5.41) is 9.18. The van der Waals surface area contributed by atoms with Gasteiger partial charge in [0.15, 0.2) is 6.10 Å². The highest BCUT2D eigenvalue weighted by molar-refractivity contribution is 5.72. The molecule has 0 aliphatic rings. The summed E-state index contributed by atoms with van der Waals surface area (Å²) in [5.41, 5.74) is 0.550. The fourth-order valence-electron chi connectivity index (χ4n) is 3.33. The van der Waals surface area contributed by atoms with Crippen LogP contribution in [0.5, 0.6) is 11.5 Å². The standard InChI is InChI=1S/C26H25F10NO7/c1-2-41-20(21(38)39)15-16-3-7-18(8-4-16)42-13-11-37(22(40)44-19-9-5-17(27)6-10-19)12-14-43-26(35,36)24(30,31)23(28,29)25(32,33)34/h3-10,20H,2,11-15H2,1H3,(H,38,39). The zero-order valence-corrected chi connectivity index (χ0v) is 22.6. The van der Waals surface area contributed by atoms with Crippen LogP contribution in [0.4, 0.5) is 48.7 Å². The Labute approximate surface area is 243 Å². The molecule has 1 unspecified atom stereocenters. The number of alkyl halides is 9. The molecular weight excluding hydrogens is 628 g/mol. The van der Waals surface area contributed by atoms with E-state index in [1.54, 1.807) is 6.92 Å². The van der Waals surface area contributed by atoms with Crippen LogP contribution >= 0.6 is 0 Å². The summed E-state index contributed by atoms with van der Waals surface area (Å²) in [6.07, 6.45) is -15.8. The van der Waals surface area contributed by atoms with Gasteiger partial charge in [-0.05, 0) is 48.9 Å². The molecule has 246 valence electrons. The second kappa shape index (κ2) is 14.8. The fraction of sp³-hybridized carbons (Fsp3) is 0.462. The van der Waals surface area contributed by atoms with Gasteiger partial charge in [-0.2, -0.15) is 39.5 Å². The molecule has 0 saturated carbocycles. The van der Waals surface area contributed by atoms with Crippen molar-refractivity contribution in [1.29, 1.82) is 0 Å². The number of hydrogen-bond donors (Lipinski definition) is 1. The number of nitrogens with zero attached hydrogens (tertiary/aromatic N) is 1. The topological polar surface area (TPSA) is 94.5 Å². The van der Waals surface area contributed by atoms with Crippen molar-refractivity contribution in [3.8, 4) is 11.5 Å². The number of benzene rings is 2. The van der Waals surface area contributed by atoms with Gasteiger partial charge >= 0.3 is 36.2 Å². The minimum Gasteiger partial charge on any atom is -0.492 e. The van der Waals surface area contributed by atoms with E-state index in [0.717, 1.165) is 24.3 Å². The van der Waals surface area contributed by atoms with Gasteiger partial charge in [0, 0.05) is 19.6 Å². The third kappa shape index (κ3) is 9.35. The Balaban J connectivity index is 2.09. The Morgan fingerprint density at radius 2 is 1.36 bits per heavy atom. The maximum Gasteiger partial charge on any atom is 0.460 e. The van der Waals surface area contributed by atoms with Crippen LogP contribution in [-0.4, -0.2) is 85.2 Å². The summed E-state index contributed by atoms with van der Waals surface area (Å²) < 4.78 is 150. The Morgan fingerprint density at radius 3 is 1.89 bits per heavy atom. The van der Waals surface area contributed by atoms with Crippen molar-refractivity contribution in [2.45, 2.75) is 43.6 Å². The molecule has 2 aromatic carbocycles. The Morgan fingerprint density at radius 1 is 0.818 bits per heavy atom. The first-order valence-electron chi connectivity index (χ1n) is 12.4. The number of carboxylic acids is 1. The average molecular weight is 653 g/mol. The monoisotopic (exact) mass is 653 g/mol. The van der Waals surface area contributed by atoms with E-state index in [-0.39, 0.29) is 24.5 Å². The predicted molar refractivity (Wildman–Crippen MR) is 130 cm³/mol. The van der Waals surface area contributed by atoms with Crippen molar-refractivity contribution >= 4 is 12.1 Å². The molecule has 1 amide bonds. The molecule has 2 rings (SSSR count). The third-order valence-corrected chi connectivity index (χ3v) is 5.66. The SMILES string of the molecule is CCOC(Cc1ccc(OCCN(CCOC(F)(F)C(F)(F)C(F)(F)C(F)(F)F)C(=O)Oc2ccc(F)cc2)cc1)C(=O)O. The average Bonchev–Trinajstić information content (AvgIpc) is 2.93. The van der Waals surface area contributed by atoms with Crippen LogP contribution in [0.2, 0.25) is 0 Å². The van der Waals surface area contributed by atoms with Crippen molar-refractivity contribution in [1.82, 2.24) is 4.90 Å². The number of carboxylic acid groups (broad SMARTS) is 1. The largest absolute Gasteiger partial charge is 0.492 e. The lowest BCUT2D eigenvalue weighted by molar-refractivity contribution is -0.443. The Bertz CT molecular complexity index is 1230. The minimum absolute atomic E-state index is 0.0189. The van der Waals surface area contributed by atoms with E-state index >= 15 is 0 Å². The first-order valence-corrected chi connectivity index (χ1v) is 12.4. The lowest BCUT2D eigenvalue weighted by atomic mass is 10.1. The highest BCUT2D eigenvalue weighted by Gasteiger charge is 2.82. The van der Waals surface area contributed by atoms with Gasteiger partial charge in [-0.25, -0.2) is 14.0 Å². The lowest BCUT2D eigenvalue weighted by Gasteiger charge is -2.33. The number of rotatable bonds is 16. The van der Waals surface area contributed by atoms with Gasteiger partial charge in [-0.1, -0.05) is 12.1 Å². The van der Waals surface area contributed by atoms with E-state index in [1.165, 1.54) is 24.3 Å². The summed E-state index contributed by atoms with van der Waals surface area (Å²) in [6, 6.07) is 9.58. The molecule has 0 radical (unpaired) electrons. The molecule has 0 aliphatic carbocycles. The molecule has 0 heterocycles. The minimum atomic E-state index is -7.16. The molecule has 0 aromatic heterocycles. The Kier molecular flexibility index (Phi) is 12.2. The highest BCUT2D eigenvalue weighted by atomic mass is 19.4.